The van der Waals surface area contributed by atoms with Crippen LogP contribution >= 0.6 is 0 Å². The van der Waals surface area contributed by atoms with Crippen molar-refractivity contribution >= 4 is 5.82 Å². The minimum absolute atomic E-state index is 0.919. The van der Waals surface area contributed by atoms with Crippen LogP contribution in [0.5, 0.6) is 0 Å². The monoisotopic (exact) mass is 274 g/mol. The third-order valence-electron chi connectivity index (χ3n) is 4.26. The van der Waals surface area contributed by atoms with Crippen LogP contribution in [-0.4, -0.2) is 53.5 Å². The van der Waals surface area contributed by atoms with E-state index in [2.05, 4.69) is 39.2 Å². The van der Waals surface area contributed by atoms with E-state index >= 15 is 0 Å². The second-order valence-corrected chi connectivity index (χ2v) is 6.02. The van der Waals surface area contributed by atoms with Crippen LogP contribution in [0.1, 0.15) is 31.7 Å². The number of anilines is 1. The zero-order valence-corrected chi connectivity index (χ0v) is 12.5. The van der Waals surface area contributed by atoms with Crippen LogP contribution in [0.3, 0.4) is 0 Å². The first-order valence-electron chi connectivity index (χ1n) is 8.00. The lowest BCUT2D eigenvalue weighted by Gasteiger charge is -2.34. The molecule has 2 heterocycles. The average Bonchev–Trinajstić information content (AvgIpc) is 3.31. The highest BCUT2D eigenvalue weighted by atomic mass is 15.3. The summed E-state index contributed by atoms with van der Waals surface area (Å²) in [4.78, 5) is 9.61. The molecule has 20 heavy (non-hydrogen) atoms. The zero-order chi connectivity index (χ0) is 13.8. The Bertz CT molecular complexity index is 422. The number of pyridine rings is 1. The van der Waals surface area contributed by atoms with Crippen molar-refractivity contribution in [3.63, 3.8) is 0 Å². The molecule has 0 amide bonds. The summed E-state index contributed by atoms with van der Waals surface area (Å²) < 4.78 is 0. The summed E-state index contributed by atoms with van der Waals surface area (Å²) in [5.41, 5.74) is 1.37. The highest BCUT2D eigenvalue weighted by Gasteiger charge is 2.30. The zero-order valence-electron chi connectivity index (χ0n) is 12.5. The van der Waals surface area contributed by atoms with E-state index in [9.17, 15) is 0 Å². The summed E-state index contributed by atoms with van der Waals surface area (Å²) >= 11 is 0. The number of hydrogen-bond acceptors (Lipinski definition) is 4. The number of aromatic nitrogens is 1. The first-order chi connectivity index (χ1) is 9.85. The van der Waals surface area contributed by atoms with Gasteiger partial charge in [0, 0.05) is 51.5 Å². The van der Waals surface area contributed by atoms with Crippen LogP contribution < -0.4 is 5.32 Å². The van der Waals surface area contributed by atoms with Crippen molar-refractivity contribution in [3.8, 4) is 0 Å². The van der Waals surface area contributed by atoms with Gasteiger partial charge in [0.15, 0.2) is 0 Å². The molecule has 1 aliphatic carbocycles. The maximum absolute atomic E-state index is 4.38. The lowest BCUT2D eigenvalue weighted by molar-refractivity contribution is 0.121. The van der Waals surface area contributed by atoms with Crippen molar-refractivity contribution in [2.75, 3.05) is 38.0 Å². The van der Waals surface area contributed by atoms with Gasteiger partial charge in [0.05, 0.1) is 0 Å². The molecule has 0 spiro atoms. The van der Waals surface area contributed by atoms with E-state index < -0.39 is 0 Å². The molecule has 4 heteroatoms. The van der Waals surface area contributed by atoms with Crippen molar-refractivity contribution in [2.24, 2.45) is 0 Å². The molecule has 1 N–H and O–H groups in total. The fraction of sp³-hybridized carbons (Fsp3) is 0.688. The molecule has 0 atom stereocenters. The lowest BCUT2D eigenvalue weighted by Crippen LogP contribution is -2.46. The number of nitrogens with one attached hydrogen (secondary N) is 1. The van der Waals surface area contributed by atoms with E-state index in [1.807, 2.05) is 6.20 Å². The van der Waals surface area contributed by atoms with Gasteiger partial charge >= 0.3 is 0 Å². The maximum atomic E-state index is 4.38. The second kappa shape index (κ2) is 6.55. The van der Waals surface area contributed by atoms with Crippen molar-refractivity contribution in [1.29, 1.82) is 0 Å². The Morgan fingerprint density at radius 2 is 2.05 bits per heavy atom. The third kappa shape index (κ3) is 3.70. The molecule has 2 fully saturated rings. The molecule has 2 aliphatic rings. The average molecular weight is 274 g/mol. The Morgan fingerprint density at radius 3 is 2.75 bits per heavy atom. The molecule has 4 nitrogen and oxygen atoms in total. The molecule has 0 aromatic carbocycles. The highest BCUT2D eigenvalue weighted by Crippen LogP contribution is 2.27. The Morgan fingerprint density at radius 1 is 1.25 bits per heavy atom. The predicted octanol–water partition coefficient (Wildman–Crippen LogP) is 2.18. The summed E-state index contributed by atoms with van der Waals surface area (Å²) in [5, 5.41) is 3.36. The van der Waals surface area contributed by atoms with Crippen molar-refractivity contribution in [1.82, 2.24) is 14.8 Å². The van der Waals surface area contributed by atoms with Crippen LogP contribution in [0, 0.1) is 0 Å². The summed E-state index contributed by atoms with van der Waals surface area (Å²) in [7, 11) is 0. The topological polar surface area (TPSA) is 31.4 Å². The van der Waals surface area contributed by atoms with E-state index in [0.29, 0.717) is 0 Å². The van der Waals surface area contributed by atoms with E-state index in [1.54, 1.807) is 0 Å². The van der Waals surface area contributed by atoms with Crippen LogP contribution in [-0.2, 0) is 6.54 Å². The molecule has 1 saturated heterocycles. The fourth-order valence-electron chi connectivity index (χ4n) is 2.91. The van der Waals surface area contributed by atoms with Crippen LogP contribution in [0.25, 0.3) is 0 Å². The van der Waals surface area contributed by atoms with Gasteiger partial charge in [-0.3, -0.25) is 9.80 Å². The molecule has 1 aromatic heterocycles. The van der Waals surface area contributed by atoms with Gasteiger partial charge < -0.3 is 5.32 Å². The summed E-state index contributed by atoms with van der Waals surface area (Å²) in [5.74, 6) is 1.01. The minimum atomic E-state index is 0.919. The number of rotatable bonds is 6. The first kappa shape index (κ1) is 13.8. The quantitative estimate of drug-likeness (QED) is 0.861. The molecule has 1 aliphatic heterocycles. The van der Waals surface area contributed by atoms with Gasteiger partial charge in [0.25, 0.3) is 0 Å². The van der Waals surface area contributed by atoms with Gasteiger partial charge in [0.1, 0.15) is 5.82 Å². The molecular formula is C16H26N4. The normalized spacial score (nSPS) is 21.1. The maximum Gasteiger partial charge on any atom is 0.126 e. The van der Waals surface area contributed by atoms with Crippen LogP contribution in [0.15, 0.2) is 18.3 Å². The summed E-state index contributed by atoms with van der Waals surface area (Å²) in [6, 6.07) is 5.26. The first-order valence-corrected chi connectivity index (χ1v) is 8.00. The van der Waals surface area contributed by atoms with E-state index in [4.69, 9.17) is 0 Å². The van der Waals surface area contributed by atoms with Gasteiger partial charge in [-0.05, 0) is 37.0 Å². The van der Waals surface area contributed by atoms with Gasteiger partial charge in [-0.25, -0.2) is 4.98 Å². The fourth-order valence-corrected chi connectivity index (χ4v) is 2.91. The molecule has 1 aromatic rings. The molecule has 0 bridgehead atoms. The number of piperazine rings is 1. The van der Waals surface area contributed by atoms with Crippen LogP contribution in [0.4, 0.5) is 5.82 Å². The van der Waals surface area contributed by atoms with E-state index in [-0.39, 0.29) is 0 Å². The van der Waals surface area contributed by atoms with Gasteiger partial charge in [-0.1, -0.05) is 6.92 Å². The Kier molecular flexibility index (Phi) is 4.53. The Labute approximate surface area is 122 Å². The molecule has 0 unspecified atom stereocenters. The summed E-state index contributed by atoms with van der Waals surface area (Å²) in [6.07, 6.45) is 5.91. The van der Waals surface area contributed by atoms with Gasteiger partial charge in [-0.2, -0.15) is 0 Å². The molecule has 1 saturated carbocycles. The standard InChI is InChI=1S/C16H26N4/c1-2-6-17-16-12-14(5-7-18-16)13-19-8-10-20(11-9-19)15-3-4-15/h5,7,12,15H,2-4,6,8-11,13H2,1H3,(H,17,18). The predicted molar refractivity (Wildman–Crippen MR) is 82.9 cm³/mol. The van der Waals surface area contributed by atoms with E-state index in [1.165, 1.54) is 44.6 Å². The Hall–Kier alpha value is -1.13. The molecule has 3 rings (SSSR count). The second-order valence-electron chi connectivity index (χ2n) is 6.02. The number of nitrogens with zero attached hydrogens (tertiary/aromatic N) is 3. The minimum Gasteiger partial charge on any atom is -0.370 e. The smallest absolute Gasteiger partial charge is 0.126 e. The van der Waals surface area contributed by atoms with Gasteiger partial charge in [0.2, 0.25) is 0 Å². The number of hydrogen-bond donors (Lipinski definition) is 1. The van der Waals surface area contributed by atoms with Gasteiger partial charge in [-0.15, -0.1) is 0 Å². The Balaban J connectivity index is 1.49. The SMILES string of the molecule is CCCNc1cc(CN2CCN(C3CC3)CC2)ccn1. The van der Waals surface area contributed by atoms with Crippen LogP contribution in [0.2, 0.25) is 0 Å². The largest absolute Gasteiger partial charge is 0.370 e. The van der Waals surface area contributed by atoms with Crippen molar-refractivity contribution < 1.29 is 0 Å². The molecule has 110 valence electrons. The molecular weight excluding hydrogens is 248 g/mol. The van der Waals surface area contributed by atoms with Crippen molar-refractivity contribution in [3.05, 3.63) is 23.9 Å². The van der Waals surface area contributed by atoms with E-state index in [0.717, 1.165) is 31.4 Å². The third-order valence-corrected chi connectivity index (χ3v) is 4.26. The summed E-state index contributed by atoms with van der Waals surface area (Å²) in [6.45, 7) is 9.13. The molecule has 0 radical (unpaired) electrons. The highest BCUT2D eigenvalue weighted by molar-refractivity contribution is 5.37. The lowest BCUT2D eigenvalue weighted by atomic mass is 10.2. The van der Waals surface area contributed by atoms with Crippen molar-refractivity contribution in [2.45, 2.75) is 38.8 Å².